The quantitative estimate of drug-likeness (QED) is 0.311. The molecular formula is H4Al2O9Zr2. The standard InChI is InChI=1S/2Al.4H2O.5O.2Zr/h;;4*1H2;;;;;;;/q2*+3;;;;;;;3*-2;2*+2/p-4. The van der Waals surface area contributed by atoms with Gasteiger partial charge in [0.1, 0.15) is 0 Å². The van der Waals surface area contributed by atoms with Gasteiger partial charge in [-0.2, -0.15) is 0 Å². The number of rotatable bonds is 0. The Balaban J connectivity index is -0.00000000800. The van der Waals surface area contributed by atoms with Gasteiger partial charge in [-0.05, 0) is 0 Å². The Morgan fingerprint density at radius 3 is 0.615 bits per heavy atom. The molecule has 0 amide bonds. The maximum atomic E-state index is 8.84. The van der Waals surface area contributed by atoms with Crippen LogP contribution in [0, 0.1) is 0 Å². The molecule has 0 saturated carbocycles. The SMILES string of the molecule is [Al+3].[Al+3].[O-2].[O-2].[O-2].[O]=[Zr]([OH])[OH].[O]=[Zr]([OH])[OH]. The molecule has 0 fully saturated rings. The van der Waals surface area contributed by atoms with Crippen molar-refractivity contribution < 1.29 is 80.1 Å². The average molecular weight is 384 g/mol. The molecule has 0 heterocycles. The predicted molar refractivity (Wildman–Crippen MR) is 23.8 cm³/mol. The first-order valence-electron chi connectivity index (χ1n) is 1.30. The summed E-state index contributed by atoms with van der Waals surface area (Å²) in [7, 11) is 0. The van der Waals surface area contributed by atoms with Crippen LogP contribution in [0.1, 0.15) is 0 Å². The summed E-state index contributed by atoms with van der Waals surface area (Å²) in [5.41, 5.74) is 0. The van der Waals surface area contributed by atoms with Crippen LogP contribution >= 0.6 is 0 Å². The molecular weight excluding hydrogens is 380 g/mol. The molecule has 0 bridgehead atoms. The minimum absolute atomic E-state index is 0. The Hall–Kier alpha value is 2.15. The molecule has 13 heteroatoms. The van der Waals surface area contributed by atoms with Crippen LogP contribution < -0.4 is 0 Å². The van der Waals surface area contributed by atoms with Gasteiger partial charge in [-0.1, -0.05) is 0 Å². The molecule has 0 radical (unpaired) electrons. The average Bonchev–Trinajstić information content (AvgIpc) is 1.25. The first-order chi connectivity index (χ1) is 3.46. The van der Waals surface area contributed by atoms with Gasteiger partial charge in [-0.3, -0.25) is 0 Å². The van der Waals surface area contributed by atoms with Gasteiger partial charge in [0, 0.05) is 0 Å². The molecule has 0 aliphatic heterocycles. The zero-order valence-electron chi connectivity index (χ0n) is 5.98. The summed E-state index contributed by atoms with van der Waals surface area (Å²) in [5.74, 6) is 0. The summed E-state index contributed by atoms with van der Waals surface area (Å²) in [5, 5.41) is 0. The molecule has 0 atom stereocenters. The van der Waals surface area contributed by atoms with Crippen LogP contribution in [0.15, 0.2) is 0 Å². The van der Waals surface area contributed by atoms with E-state index in [0.717, 1.165) is 0 Å². The summed E-state index contributed by atoms with van der Waals surface area (Å²) >= 11 is -7.59. The minimum atomic E-state index is -3.79. The van der Waals surface area contributed by atoms with Gasteiger partial charge < -0.3 is 16.4 Å². The van der Waals surface area contributed by atoms with Crippen LogP contribution in [0.3, 0.4) is 0 Å². The second-order valence-electron chi connectivity index (χ2n) is 0.565. The van der Waals surface area contributed by atoms with Crippen LogP contribution in [-0.4, -0.2) is 47.5 Å². The van der Waals surface area contributed by atoms with Crippen molar-refractivity contribution >= 4 is 34.7 Å². The first kappa shape index (κ1) is 45.7. The first-order valence-corrected chi connectivity index (χ1v) is 7.71. The van der Waals surface area contributed by atoms with Crippen molar-refractivity contribution in [1.29, 1.82) is 0 Å². The van der Waals surface area contributed by atoms with E-state index in [-0.39, 0.29) is 51.2 Å². The summed E-state index contributed by atoms with van der Waals surface area (Å²) in [4.78, 5) is 0. The van der Waals surface area contributed by atoms with Crippen LogP contribution in [-0.2, 0) is 67.3 Å². The molecule has 9 nitrogen and oxygen atoms in total. The normalized spacial score (nSPS) is 4.00. The summed E-state index contributed by atoms with van der Waals surface area (Å²) in [6, 6.07) is 0. The topological polar surface area (TPSA) is 201 Å². The van der Waals surface area contributed by atoms with Crippen LogP contribution in [0.25, 0.3) is 0 Å². The fraction of sp³-hybridized carbons (Fsp3) is 0. The zero-order chi connectivity index (χ0) is 7.15. The second-order valence-corrected chi connectivity index (χ2v) is 3.34. The van der Waals surface area contributed by atoms with Crippen LogP contribution in [0.4, 0.5) is 0 Å². The van der Waals surface area contributed by atoms with Gasteiger partial charge in [-0.15, -0.1) is 0 Å². The third kappa shape index (κ3) is 452. The second kappa shape index (κ2) is 36.8. The van der Waals surface area contributed by atoms with Gasteiger partial charge in [0.05, 0.1) is 0 Å². The van der Waals surface area contributed by atoms with E-state index in [1.165, 1.54) is 0 Å². The molecule has 0 aromatic carbocycles. The summed E-state index contributed by atoms with van der Waals surface area (Å²) < 4.78 is 46.7. The summed E-state index contributed by atoms with van der Waals surface area (Å²) in [6.07, 6.45) is 0. The molecule has 13 heavy (non-hydrogen) atoms. The molecule has 0 spiro atoms. The fourth-order valence-corrected chi connectivity index (χ4v) is 0. The molecule has 0 aliphatic carbocycles. The van der Waals surface area contributed by atoms with E-state index in [2.05, 4.69) is 0 Å². The van der Waals surface area contributed by atoms with Crippen molar-refractivity contribution in [3.8, 4) is 0 Å². The van der Waals surface area contributed by atoms with E-state index in [1.54, 1.807) is 0 Å². The van der Waals surface area contributed by atoms with Crippen molar-refractivity contribution in [2.75, 3.05) is 0 Å². The van der Waals surface area contributed by atoms with E-state index < -0.39 is 45.3 Å². The van der Waals surface area contributed by atoms with Crippen molar-refractivity contribution in [3.63, 3.8) is 0 Å². The maximum absolute atomic E-state index is 8.84. The number of hydrogen-bond donors (Lipinski definition) is 4. The fourth-order valence-electron chi connectivity index (χ4n) is 0. The molecule has 72 valence electrons. The van der Waals surface area contributed by atoms with Gasteiger partial charge in [0.15, 0.2) is 0 Å². The van der Waals surface area contributed by atoms with E-state index in [0.29, 0.717) is 0 Å². The summed E-state index contributed by atoms with van der Waals surface area (Å²) in [6.45, 7) is 0. The van der Waals surface area contributed by atoms with Crippen molar-refractivity contribution in [2.24, 2.45) is 0 Å². The molecule has 0 unspecified atom stereocenters. The Morgan fingerprint density at radius 2 is 0.615 bits per heavy atom. The van der Waals surface area contributed by atoms with Gasteiger partial charge in [-0.25, -0.2) is 0 Å². The number of hydrogen-bond acceptors (Lipinski definition) is 2. The molecule has 0 aliphatic rings. The van der Waals surface area contributed by atoms with E-state index >= 15 is 0 Å². The van der Waals surface area contributed by atoms with E-state index in [4.69, 9.17) is 18.4 Å². The van der Waals surface area contributed by atoms with E-state index in [1.807, 2.05) is 0 Å². The van der Waals surface area contributed by atoms with Crippen molar-refractivity contribution in [2.45, 2.75) is 0 Å². The van der Waals surface area contributed by atoms with E-state index in [9.17, 15) is 0 Å². The predicted octanol–water partition coefficient (Wildman–Crippen LogP) is -3.59. The third-order valence-corrected chi connectivity index (χ3v) is 0. The zero-order valence-corrected chi connectivity index (χ0v) is 13.2. The Labute approximate surface area is 113 Å². The molecule has 0 rings (SSSR count). The molecule has 4 N–H and O–H groups in total. The van der Waals surface area contributed by atoms with Gasteiger partial charge in [0.25, 0.3) is 0 Å². The molecule has 0 saturated heterocycles. The van der Waals surface area contributed by atoms with Gasteiger partial charge in [0.2, 0.25) is 0 Å². The van der Waals surface area contributed by atoms with Crippen molar-refractivity contribution in [3.05, 3.63) is 0 Å². The molecule has 0 aromatic rings. The Kier molecular flexibility index (Phi) is 129. The Morgan fingerprint density at radius 1 is 0.615 bits per heavy atom. The third-order valence-electron chi connectivity index (χ3n) is 0. The van der Waals surface area contributed by atoms with Crippen molar-refractivity contribution in [1.82, 2.24) is 0 Å². The van der Waals surface area contributed by atoms with Crippen LogP contribution in [0.2, 0.25) is 0 Å². The molecule has 0 aromatic heterocycles. The Bertz CT molecular complexity index is 73.6. The van der Waals surface area contributed by atoms with Gasteiger partial charge >= 0.3 is 98.4 Å². The van der Waals surface area contributed by atoms with Crippen LogP contribution in [0.5, 0.6) is 0 Å². The monoisotopic (exact) mass is 382 g/mol.